The second kappa shape index (κ2) is 5.56. The van der Waals surface area contributed by atoms with Crippen molar-refractivity contribution >= 4 is 34.3 Å². The molecule has 0 aliphatic carbocycles. The number of rotatable bonds is 2. The number of aliphatic carboxylic acids is 1. The van der Waals surface area contributed by atoms with Gasteiger partial charge in [0.05, 0.1) is 5.75 Å². The van der Waals surface area contributed by atoms with Crippen LogP contribution in [0.2, 0.25) is 0 Å². The van der Waals surface area contributed by atoms with E-state index in [4.69, 9.17) is 17.3 Å². The van der Waals surface area contributed by atoms with Gasteiger partial charge in [-0.3, -0.25) is 4.79 Å². The molecule has 1 saturated heterocycles. The van der Waals surface area contributed by atoms with Gasteiger partial charge in [-0.1, -0.05) is 30.9 Å². The summed E-state index contributed by atoms with van der Waals surface area (Å²) in [6, 6.07) is 0. The van der Waals surface area contributed by atoms with Gasteiger partial charge in [0.15, 0.2) is 0 Å². The van der Waals surface area contributed by atoms with Gasteiger partial charge in [-0.25, -0.2) is 0 Å². The number of nitrogens with zero attached hydrogens (tertiary/aromatic N) is 1. The Bertz CT molecular complexity index is 233. The van der Waals surface area contributed by atoms with Crippen LogP contribution in [0, 0.1) is 5.92 Å². The molecule has 1 rings (SSSR count). The van der Waals surface area contributed by atoms with Gasteiger partial charge >= 0.3 is 5.97 Å². The minimum absolute atomic E-state index is 0.0731. The molecule has 3 nitrogen and oxygen atoms in total. The molecule has 1 fully saturated rings. The van der Waals surface area contributed by atoms with E-state index < -0.39 is 5.97 Å². The van der Waals surface area contributed by atoms with Gasteiger partial charge in [0.2, 0.25) is 0 Å². The molecular weight excluding hydrogens is 218 g/mol. The number of thiocarbonyl (C=S) groups is 1. The maximum absolute atomic E-state index is 10.4. The minimum atomic E-state index is -0.803. The van der Waals surface area contributed by atoms with Crippen LogP contribution in [-0.2, 0) is 4.79 Å². The van der Waals surface area contributed by atoms with Crippen molar-refractivity contribution in [2.45, 2.75) is 19.8 Å². The normalized spacial score (nSPS) is 22.1. The van der Waals surface area contributed by atoms with Crippen molar-refractivity contribution in [1.82, 2.24) is 4.90 Å². The first-order chi connectivity index (χ1) is 6.59. The SMILES string of the molecule is C[C@@H]1CCCN(C(=S)SCC(=O)O)C1. The summed E-state index contributed by atoms with van der Waals surface area (Å²) < 4.78 is 0.735. The number of carboxylic acid groups (broad SMARTS) is 1. The van der Waals surface area contributed by atoms with E-state index in [-0.39, 0.29) is 5.75 Å². The summed E-state index contributed by atoms with van der Waals surface area (Å²) in [5, 5.41) is 8.51. The number of piperidine rings is 1. The third-order valence-corrected chi connectivity index (χ3v) is 3.74. The lowest BCUT2D eigenvalue weighted by Crippen LogP contribution is -2.37. The Morgan fingerprint density at radius 3 is 3.00 bits per heavy atom. The van der Waals surface area contributed by atoms with E-state index in [1.807, 2.05) is 0 Å². The highest BCUT2D eigenvalue weighted by atomic mass is 32.2. The quantitative estimate of drug-likeness (QED) is 0.737. The zero-order valence-electron chi connectivity index (χ0n) is 8.23. The van der Waals surface area contributed by atoms with Crippen molar-refractivity contribution < 1.29 is 9.90 Å². The van der Waals surface area contributed by atoms with Crippen molar-refractivity contribution in [3.63, 3.8) is 0 Å². The number of carboxylic acids is 1. The summed E-state index contributed by atoms with van der Waals surface area (Å²) in [6.07, 6.45) is 2.41. The van der Waals surface area contributed by atoms with Crippen LogP contribution in [0.4, 0.5) is 0 Å². The molecule has 0 aromatic rings. The highest BCUT2D eigenvalue weighted by Crippen LogP contribution is 2.19. The topological polar surface area (TPSA) is 40.5 Å². The molecular formula is C9H15NO2S2. The van der Waals surface area contributed by atoms with Crippen LogP contribution in [0.5, 0.6) is 0 Å². The fraction of sp³-hybridized carbons (Fsp3) is 0.778. The van der Waals surface area contributed by atoms with Crippen molar-refractivity contribution in [3.05, 3.63) is 0 Å². The second-order valence-electron chi connectivity index (χ2n) is 3.64. The Hall–Kier alpha value is -0.290. The molecule has 0 aromatic heterocycles. The first kappa shape index (κ1) is 11.8. The number of thioether (sulfide) groups is 1. The Kier molecular flexibility index (Phi) is 4.68. The average Bonchev–Trinajstić information content (AvgIpc) is 2.14. The molecule has 1 aliphatic heterocycles. The first-order valence-electron chi connectivity index (χ1n) is 4.73. The van der Waals surface area contributed by atoms with E-state index in [1.165, 1.54) is 18.2 Å². The maximum atomic E-state index is 10.4. The molecule has 0 spiro atoms. The van der Waals surface area contributed by atoms with Gasteiger partial charge in [-0.05, 0) is 18.8 Å². The molecule has 80 valence electrons. The number of carbonyl (C=O) groups is 1. The van der Waals surface area contributed by atoms with E-state index in [0.717, 1.165) is 23.8 Å². The zero-order chi connectivity index (χ0) is 10.6. The molecule has 0 saturated carbocycles. The second-order valence-corrected chi connectivity index (χ2v) is 5.25. The molecule has 0 radical (unpaired) electrons. The summed E-state index contributed by atoms with van der Waals surface area (Å²) >= 11 is 6.42. The van der Waals surface area contributed by atoms with Crippen LogP contribution in [-0.4, -0.2) is 39.1 Å². The minimum Gasteiger partial charge on any atom is -0.481 e. The predicted octanol–water partition coefficient (Wildman–Crippen LogP) is 1.82. The smallest absolute Gasteiger partial charge is 0.313 e. The maximum Gasteiger partial charge on any atom is 0.313 e. The van der Waals surface area contributed by atoms with Crippen LogP contribution in [0.25, 0.3) is 0 Å². The molecule has 1 atom stereocenters. The van der Waals surface area contributed by atoms with E-state index in [2.05, 4.69) is 11.8 Å². The van der Waals surface area contributed by atoms with Crippen LogP contribution >= 0.6 is 24.0 Å². The first-order valence-corrected chi connectivity index (χ1v) is 6.12. The van der Waals surface area contributed by atoms with Gasteiger partial charge in [0.25, 0.3) is 0 Å². The van der Waals surface area contributed by atoms with E-state index >= 15 is 0 Å². The van der Waals surface area contributed by atoms with Crippen LogP contribution in [0.15, 0.2) is 0 Å². The summed E-state index contributed by atoms with van der Waals surface area (Å²) in [5.74, 6) is -0.0569. The Morgan fingerprint density at radius 2 is 2.43 bits per heavy atom. The van der Waals surface area contributed by atoms with Crippen LogP contribution < -0.4 is 0 Å². The standard InChI is InChI=1S/C9H15NO2S2/c1-7-3-2-4-10(5-7)9(13)14-6-8(11)12/h7H,2-6H2,1H3,(H,11,12)/t7-/m1/s1. The Labute approximate surface area is 93.9 Å². The number of hydrogen-bond acceptors (Lipinski definition) is 3. The van der Waals surface area contributed by atoms with Crippen LogP contribution in [0.1, 0.15) is 19.8 Å². The molecule has 0 aromatic carbocycles. The monoisotopic (exact) mass is 233 g/mol. The zero-order valence-corrected chi connectivity index (χ0v) is 9.87. The van der Waals surface area contributed by atoms with Gasteiger partial charge in [0, 0.05) is 13.1 Å². The molecule has 1 heterocycles. The summed E-state index contributed by atoms with van der Waals surface area (Å²) in [7, 11) is 0. The lowest BCUT2D eigenvalue weighted by Gasteiger charge is -2.32. The third-order valence-electron chi connectivity index (χ3n) is 2.23. The van der Waals surface area contributed by atoms with Gasteiger partial charge in [-0.2, -0.15) is 0 Å². The van der Waals surface area contributed by atoms with Gasteiger partial charge in [-0.15, -0.1) is 0 Å². The van der Waals surface area contributed by atoms with Gasteiger partial charge < -0.3 is 10.0 Å². The van der Waals surface area contributed by atoms with Gasteiger partial charge in [0.1, 0.15) is 4.32 Å². The lowest BCUT2D eigenvalue weighted by molar-refractivity contribution is -0.133. The highest BCUT2D eigenvalue weighted by Gasteiger charge is 2.18. The van der Waals surface area contributed by atoms with E-state index in [0.29, 0.717) is 5.92 Å². The molecule has 0 amide bonds. The molecule has 1 aliphatic rings. The fourth-order valence-electron chi connectivity index (χ4n) is 1.57. The molecule has 0 bridgehead atoms. The Balaban J connectivity index is 2.32. The van der Waals surface area contributed by atoms with E-state index in [9.17, 15) is 4.79 Å². The summed E-state index contributed by atoms with van der Waals surface area (Å²) in [5.41, 5.74) is 0. The molecule has 1 N–H and O–H groups in total. The predicted molar refractivity (Wildman–Crippen MR) is 62.7 cm³/mol. The molecule has 0 unspecified atom stereocenters. The summed E-state index contributed by atoms with van der Waals surface area (Å²) in [6.45, 7) is 4.16. The fourth-order valence-corrected chi connectivity index (χ4v) is 2.51. The van der Waals surface area contributed by atoms with Crippen molar-refractivity contribution in [3.8, 4) is 0 Å². The third kappa shape index (κ3) is 3.84. The lowest BCUT2D eigenvalue weighted by atomic mass is 10.0. The van der Waals surface area contributed by atoms with Crippen molar-refractivity contribution in [1.29, 1.82) is 0 Å². The molecule has 14 heavy (non-hydrogen) atoms. The number of likely N-dealkylation sites (tertiary alicyclic amines) is 1. The largest absolute Gasteiger partial charge is 0.481 e. The highest BCUT2D eigenvalue weighted by molar-refractivity contribution is 8.23. The van der Waals surface area contributed by atoms with Crippen molar-refractivity contribution in [2.24, 2.45) is 5.92 Å². The van der Waals surface area contributed by atoms with E-state index in [1.54, 1.807) is 0 Å². The number of hydrogen-bond donors (Lipinski definition) is 1. The molecule has 5 heteroatoms. The summed E-state index contributed by atoms with van der Waals surface area (Å²) in [4.78, 5) is 12.5. The Morgan fingerprint density at radius 1 is 1.71 bits per heavy atom. The van der Waals surface area contributed by atoms with Crippen molar-refractivity contribution in [2.75, 3.05) is 18.8 Å². The van der Waals surface area contributed by atoms with Crippen LogP contribution in [0.3, 0.4) is 0 Å². The average molecular weight is 233 g/mol.